The maximum atomic E-state index is 15.3. The van der Waals surface area contributed by atoms with E-state index in [1.165, 1.54) is 13.0 Å². The van der Waals surface area contributed by atoms with Crippen LogP contribution in [-0.2, 0) is 32.2 Å². The summed E-state index contributed by atoms with van der Waals surface area (Å²) in [6.45, 7) is 5.93. The molecule has 0 aliphatic carbocycles. The highest BCUT2D eigenvalue weighted by Crippen LogP contribution is 2.61. The summed E-state index contributed by atoms with van der Waals surface area (Å²) in [7, 11) is -10.3. The third-order valence-corrected chi connectivity index (χ3v) is 10.4. The van der Waals surface area contributed by atoms with Crippen molar-refractivity contribution in [2.75, 3.05) is 18.9 Å². The molecular formula is C28H34ClFN6O10P2. The molecule has 20 heteroatoms. The van der Waals surface area contributed by atoms with Crippen molar-refractivity contribution in [3.05, 3.63) is 54.1 Å². The zero-order valence-corrected chi connectivity index (χ0v) is 28.6. The third kappa shape index (κ3) is 8.30. The van der Waals surface area contributed by atoms with Gasteiger partial charge in [-0.1, -0.05) is 57.2 Å². The van der Waals surface area contributed by atoms with Crippen LogP contribution in [0.5, 0.6) is 5.75 Å². The zero-order valence-electron chi connectivity index (χ0n) is 26.1. The first-order valence-electron chi connectivity index (χ1n) is 14.5. The Bertz CT molecular complexity index is 1910. The fraction of sp³-hybridized carbons (Fsp3) is 0.429. The molecule has 0 amide bonds. The molecule has 48 heavy (non-hydrogen) atoms. The molecule has 16 nitrogen and oxygen atoms in total. The van der Waals surface area contributed by atoms with Gasteiger partial charge >= 0.3 is 21.5 Å². The molecule has 260 valence electrons. The minimum atomic E-state index is -5.36. The lowest BCUT2D eigenvalue weighted by Gasteiger charge is -2.26. The number of hydrogen-bond acceptors (Lipinski definition) is 13. The van der Waals surface area contributed by atoms with Crippen LogP contribution in [0.4, 0.5) is 10.2 Å². The molecule has 2 aromatic carbocycles. The van der Waals surface area contributed by atoms with Crippen LogP contribution >= 0.6 is 27.2 Å². The van der Waals surface area contributed by atoms with Crippen molar-refractivity contribution in [3.63, 3.8) is 0 Å². The van der Waals surface area contributed by atoms with Crippen molar-refractivity contribution in [1.29, 1.82) is 0 Å². The minimum Gasteiger partial charge on any atom is -0.464 e. The number of aromatic nitrogens is 4. The number of alkyl halides is 1. The van der Waals surface area contributed by atoms with Crippen molar-refractivity contribution in [2.45, 2.75) is 58.3 Å². The molecule has 6 unspecified atom stereocenters. The van der Waals surface area contributed by atoms with Gasteiger partial charge in [-0.3, -0.25) is 13.9 Å². The average Bonchev–Trinajstić information content (AvgIpc) is 3.54. The number of halogens is 2. The Hall–Kier alpha value is -3.24. The fourth-order valence-electron chi connectivity index (χ4n) is 4.66. The van der Waals surface area contributed by atoms with E-state index in [1.54, 1.807) is 36.4 Å². The fourth-order valence-corrected chi connectivity index (χ4v) is 7.82. The topological polar surface area (TPSA) is 219 Å². The van der Waals surface area contributed by atoms with Crippen LogP contribution in [0.2, 0.25) is 5.28 Å². The molecule has 5 N–H and O–H groups in total. The number of benzene rings is 2. The Morgan fingerprint density at radius 1 is 1.21 bits per heavy atom. The highest BCUT2D eigenvalue weighted by atomic mass is 35.5. The number of imidazole rings is 1. The largest absolute Gasteiger partial charge is 0.481 e. The summed E-state index contributed by atoms with van der Waals surface area (Å²) in [4.78, 5) is 35.2. The van der Waals surface area contributed by atoms with Gasteiger partial charge in [0.05, 0.1) is 19.5 Å². The lowest BCUT2D eigenvalue weighted by Crippen LogP contribution is -2.36. The van der Waals surface area contributed by atoms with E-state index in [0.29, 0.717) is 10.8 Å². The number of esters is 1. The Labute approximate surface area is 278 Å². The van der Waals surface area contributed by atoms with Crippen LogP contribution in [0.15, 0.2) is 48.8 Å². The van der Waals surface area contributed by atoms with E-state index in [9.17, 15) is 23.9 Å². The second-order valence-electron chi connectivity index (χ2n) is 12.1. The molecule has 0 bridgehead atoms. The van der Waals surface area contributed by atoms with E-state index >= 15 is 4.39 Å². The van der Waals surface area contributed by atoms with Gasteiger partial charge in [0.15, 0.2) is 23.9 Å². The number of nitrogen functional groups attached to an aromatic ring is 1. The number of carbonyl (C=O) groups is 1. The van der Waals surface area contributed by atoms with Gasteiger partial charge in [-0.15, -0.1) is 0 Å². The Balaban J connectivity index is 1.33. The number of nitrogens with zero attached hydrogens (tertiary/aromatic N) is 4. The van der Waals surface area contributed by atoms with E-state index < -0.39 is 58.8 Å². The zero-order chi connectivity index (χ0) is 35.0. The number of phosphoric ester groups is 1. The second kappa shape index (κ2) is 13.9. The van der Waals surface area contributed by atoms with Gasteiger partial charge in [0.2, 0.25) is 5.28 Å². The minimum absolute atomic E-state index is 0.00559. The van der Waals surface area contributed by atoms with E-state index in [4.69, 9.17) is 40.2 Å². The summed E-state index contributed by atoms with van der Waals surface area (Å²) < 4.78 is 70.3. The lowest BCUT2D eigenvalue weighted by molar-refractivity contribution is -0.148. The number of aliphatic hydroxyl groups excluding tert-OH is 1. The molecule has 0 radical (unpaired) electrons. The number of anilines is 1. The Kier molecular flexibility index (Phi) is 10.5. The SMILES string of the molecule is C[C@H](NP(=O)(Oc1cccc2ccccc12)OP(=O)(O)OCC1OC(n2cnc3c(N)nc(Cl)nc32)C(F)C1O)C(=O)OCC(C)(C)C. The number of ether oxygens (including phenoxy) is 2. The standard InChI is InChI=1S/C28H34ClFN6O10P2/c1-15(26(38)42-13-28(2,3)4)35-47(39,45-18-11-7-9-16-8-5-6-10-17(16)18)46-48(40,41)43-12-19-22(37)20(30)25(44-19)36-14-32-21-23(31)33-27(29)34-24(21)36/h5-11,14-15,19-20,22,25,37H,12-13H2,1-4H3,(H,35,39)(H,40,41)(H2,31,33,34)/t15-,19?,20?,22?,25?,47?/m0/s1. The van der Waals surface area contributed by atoms with Gasteiger partial charge in [0, 0.05) is 5.39 Å². The summed E-state index contributed by atoms with van der Waals surface area (Å²) >= 11 is 5.88. The molecule has 5 rings (SSSR count). The predicted octanol–water partition coefficient (Wildman–Crippen LogP) is 4.70. The van der Waals surface area contributed by atoms with Crippen molar-refractivity contribution >= 4 is 60.9 Å². The normalized spacial score (nSPS) is 23.1. The maximum Gasteiger partial charge on any atom is 0.481 e. The number of fused-ring (bicyclic) bond motifs is 2. The summed E-state index contributed by atoms with van der Waals surface area (Å²) in [6.07, 6.45) is -5.85. The highest BCUT2D eigenvalue weighted by Gasteiger charge is 2.48. The number of carbonyl (C=O) groups excluding carboxylic acids is 1. The molecule has 7 atom stereocenters. The van der Waals surface area contributed by atoms with Crippen molar-refractivity contribution in [2.24, 2.45) is 5.41 Å². The summed E-state index contributed by atoms with van der Waals surface area (Å²) in [5.74, 6) is -0.919. The first kappa shape index (κ1) is 36.1. The molecule has 2 aromatic heterocycles. The van der Waals surface area contributed by atoms with Crippen LogP contribution in [0, 0.1) is 5.41 Å². The molecule has 0 saturated carbocycles. The van der Waals surface area contributed by atoms with Crippen molar-refractivity contribution < 1.29 is 51.1 Å². The number of nitrogens with two attached hydrogens (primary N) is 1. The maximum absolute atomic E-state index is 15.3. The van der Waals surface area contributed by atoms with E-state index in [-0.39, 0.29) is 40.0 Å². The van der Waals surface area contributed by atoms with Crippen LogP contribution in [0.3, 0.4) is 0 Å². The average molecular weight is 731 g/mol. The highest BCUT2D eigenvalue weighted by molar-refractivity contribution is 7.63. The number of rotatable bonds is 12. The van der Waals surface area contributed by atoms with E-state index in [2.05, 4.69) is 20.0 Å². The molecule has 0 spiro atoms. The first-order chi connectivity index (χ1) is 22.5. The van der Waals surface area contributed by atoms with Gasteiger partial charge in [0.25, 0.3) is 0 Å². The monoisotopic (exact) mass is 730 g/mol. The second-order valence-corrected chi connectivity index (χ2v) is 15.8. The van der Waals surface area contributed by atoms with Crippen LogP contribution in [0.1, 0.15) is 33.9 Å². The number of aliphatic hydroxyl groups is 1. The van der Waals surface area contributed by atoms with Crippen LogP contribution in [0.25, 0.3) is 21.9 Å². The molecule has 3 heterocycles. The Morgan fingerprint density at radius 3 is 2.65 bits per heavy atom. The Morgan fingerprint density at radius 2 is 1.92 bits per heavy atom. The quantitative estimate of drug-likeness (QED) is 0.0882. The van der Waals surface area contributed by atoms with Gasteiger partial charge in [-0.25, -0.2) is 18.5 Å². The van der Waals surface area contributed by atoms with E-state index in [1.807, 2.05) is 20.8 Å². The summed E-state index contributed by atoms with van der Waals surface area (Å²) in [5, 5.41) is 13.8. The molecule has 1 aliphatic rings. The smallest absolute Gasteiger partial charge is 0.464 e. The molecule has 1 aliphatic heterocycles. The molecule has 4 aromatic rings. The van der Waals surface area contributed by atoms with Crippen molar-refractivity contribution in [3.8, 4) is 5.75 Å². The van der Waals surface area contributed by atoms with Gasteiger partial charge in [-0.05, 0) is 35.4 Å². The summed E-state index contributed by atoms with van der Waals surface area (Å²) in [5.41, 5.74) is 5.54. The first-order valence-corrected chi connectivity index (χ1v) is 17.9. The predicted molar refractivity (Wildman–Crippen MR) is 172 cm³/mol. The molecule has 1 saturated heterocycles. The molecule has 1 fully saturated rings. The number of hydrogen-bond donors (Lipinski definition) is 4. The number of phosphoric acid groups is 1. The van der Waals surface area contributed by atoms with Gasteiger partial charge in [-0.2, -0.15) is 19.4 Å². The van der Waals surface area contributed by atoms with E-state index in [0.717, 1.165) is 10.9 Å². The van der Waals surface area contributed by atoms with Crippen LogP contribution < -0.4 is 15.3 Å². The summed E-state index contributed by atoms with van der Waals surface area (Å²) in [6, 6.07) is 10.3. The van der Waals surface area contributed by atoms with Gasteiger partial charge < -0.3 is 29.7 Å². The van der Waals surface area contributed by atoms with Gasteiger partial charge in [0.1, 0.15) is 29.5 Å². The molecular weight excluding hydrogens is 697 g/mol. The van der Waals surface area contributed by atoms with Crippen LogP contribution in [-0.4, -0.2) is 73.1 Å². The third-order valence-electron chi connectivity index (χ3n) is 6.92. The van der Waals surface area contributed by atoms with Crippen molar-refractivity contribution in [1.82, 2.24) is 24.6 Å². The number of nitrogens with one attached hydrogen (secondary N) is 1. The lowest BCUT2D eigenvalue weighted by atomic mass is 9.99.